The Morgan fingerprint density at radius 2 is 0.444 bits per heavy atom. The van der Waals surface area contributed by atoms with Gasteiger partial charge in [0.2, 0.25) is 0 Å². The quantitative estimate of drug-likeness (QED) is 0.139. The molecule has 0 spiro atoms. The largest absolute Gasteiger partial charge is 2.00 e. The number of rotatable bonds is 0. The van der Waals surface area contributed by atoms with Gasteiger partial charge in [0.25, 0.3) is 0 Å². The molecule has 0 aromatic rings. The molecule has 0 aromatic heterocycles. The van der Waals surface area contributed by atoms with Gasteiger partial charge in [-0.2, -0.15) is 0 Å². The summed E-state index contributed by atoms with van der Waals surface area (Å²) in [6.07, 6.45) is 0. The van der Waals surface area contributed by atoms with Gasteiger partial charge in [-0.05, 0) is 0 Å². The van der Waals surface area contributed by atoms with Crippen molar-refractivity contribution < 1.29 is 66.3 Å². The van der Waals surface area contributed by atoms with Gasteiger partial charge in [-0.25, -0.2) is 13.7 Å². The summed E-state index contributed by atoms with van der Waals surface area (Å²) in [4.78, 5) is 64.7. The van der Waals surface area contributed by atoms with Gasteiger partial charge in [-0.15, -0.1) is 0 Å². The van der Waals surface area contributed by atoms with Crippen LogP contribution in [0.25, 0.3) is 0 Å². The second kappa shape index (κ2) is 17.5. The summed E-state index contributed by atoms with van der Waals surface area (Å²) in [6, 6.07) is 0. The van der Waals surface area contributed by atoms with E-state index in [4.69, 9.17) is 57.7 Å². The Kier molecular flexibility index (Phi) is 36.8. The Morgan fingerprint density at radius 3 is 0.444 bits per heavy atom. The van der Waals surface area contributed by atoms with Gasteiger partial charge in [-0.3, -0.25) is 0 Å². The smallest absolute Gasteiger partial charge is 1.00 e. The van der Waals surface area contributed by atoms with Crippen molar-refractivity contribution in [1.82, 2.24) is 0 Å². The van der Waals surface area contributed by atoms with E-state index >= 15 is 0 Å². The summed E-state index contributed by atoms with van der Waals surface area (Å²) in [5, 5.41) is 0. The first-order valence-electron chi connectivity index (χ1n) is 2.35. The molecule has 0 aromatic carbocycles. The molecule has 0 rings (SSSR count). The van der Waals surface area contributed by atoms with Crippen molar-refractivity contribution in [3.8, 4) is 0 Å². The van der Waals surface area contributed by atoms with E-state index in [1.54, 1.807) is 0 Å². The molecule has 18 heteroatoms. The molecule has 0 aliphatic heterocycles. The molecule has 0 aliphatic carbocycles. The second-order valence-corrected chi connectivity index (χ2v) is 4.62. The van der Waals surface area contributed by atoms with E-state index < -0.39 is 23.5 Å². The first kappa shape index (κ1) is 38.0. The van der Waals surface area contributed by atoms with Crippen LogP contribution in [-0.2, 0) is 13.7 Å². The molecule has 0 radical (unpaired) electrons. The maximum atomic E-state index is 8.88. The molecule has 0 fully saturated rings. The van der Waals surface area contributed by atoms with Crippen LogP contribution in [0.5, 0.6) is 0 Å². The van der Waals surface area contributed by atoms with E-state index in [9.17, 15) is 0 Å². The molecule has 9 N–H and O–H groups in total. The third-order valence-electron chi connectivity index (χ3n) is 0. The topological polar surface area (TPSA) is 233 Å². The van der Waals surface area contributed by atoms with Crippen molar-refractivity contribution >= 4 is 137 Å². The van der Waals surface area contributed by atoms with Gasteiger partial charge in [0.15, 0.2) is 0 Å². The van der Waals surface area contributed by atoms with Crippen molar-refractivity contribution in [3.05, 3.63) is 0 Å². The van der Waals surface area contributed by atoms with Gasteiger partial charge in [0.1, 0.15) is 0 Å². The standard InChI is InChI=1S/3Ca.3H3O4P.6H/c;;;3*1-5(2,3)4;;;;;;/h;;;3*(H3,1,2,3,4);;;;;;/q3*+2;;;;6*-1. The predicted octanol–water partition coefficient (Wildman–Crippen LogP) is -3.25. The molecule has 0 atom stereocenters. The molecule has 0 unspecified atom stereocenters. The molecular weight excluding hydrogens is 405 g/mol. The van der Waals surface area contributed by atoms with E-state index in [1.165, 1.54) is 0 Å². The molecule has 12 nitrogen and oxygen atoms in total. The first-order chi connectivity index (χ1) is 6.00. The van der Waals surface area contributed by atoms with Gasteiger partial charge < -0.3 is 52.6 Å². The summed E-state index contributed by atoms with van der Waals surface area (Å²) in [7, 11) is -13.9. The van der Waals surface area contributed by atoms with E-state index in [0.717, 1.165) is 0 Å². The molecule has 0 aliphatic rings. The minimum absolute atomic E-state index is 0. The zero-order valence-electron chi connectivity index (χ0n) is 14.7. The Labute approximate surface area is 199 Å². The predicted molar refractivity (Wildman–Crippen MR) is 66.7 cm³/mol. The van der Waals surface area contributed by atoms with Gasteiger partial charge in [-0.1, -0.05) is 0 Å². The van der Waals surface area contributed by atoms with Gasteiger partial charge in [0.05, 0.1) is 0 Å². The monoisotopic (exact) mass is 420 g/mol. The molecule has 0 saturated carbocycles. The number of hydrogen-bond acceptors (Lipinski definition) is 3. The van der Waals surface area contributed by atoms with Crippen LogP contribution in [0, 0.1) is 0 Å². The minimum atomic E-state index is -4.64. The summed E-state index contributed by atoms with van der Waals surface area (Å²) in [5.41, 5.74) is 0. The van der Waals surface area contributed by atoms with Gasteiger partial charge in [0, 0.05) is 0 Å². The molecule has 0 amide bonds. The number of hydrogen-bond donors (Lipinski definition) is 9. The van der Waals surface area contributed by atoms with E-state index in [0.29, 0.717) is 0 Å². The SMILES string of the molecule is O=P(O)(O)O.O=P(O)(O)O.O=P(O)(O)O.[Ca+2].[Ca+2].[Ca+2].[H-].[H-].[H-].[H-].[H-].[H-]. The van der Waals surface area contributed by atoms with Crippen LogP contribution in [0.4, 0.5) is 0 Å². The first-order valence-corrected chi connectivity index (χ1v) is 7.04. The fourth-order valence-corrected chi connectivity index (χ4v) is 0. The van der Waals surface area contributed by atoms with Crippen LogP contribution in [0.15, 0.2) is 0 Å². The fourth-order valence-electron chi connectivity index (χ4n) is 0. The fraction of sp³-hybridized carbons (Fsp3) is 0. The summed E-state index contributed by atoms with van der Waals surface area (Å²) >= 11 is 0. The maximum absolute atomic E-state index is 8.88. The van der Waals surface area contributed by atoms with Crippen LogP contribution >= 0.6 is 23.5 Å². The summed E-state index contributed by atoms with van der Waals surface area (Å²) < 4.78 is 26.6. The van der Waals surface area contributed by atoms with Crippen molar-refractivity contribution in [1.29, 1.82) is 0 Å². The van der Waals surface area contributed by atoms with Crippen molar-refractivity contribution in [2.45, 2.75) is 0 Å². The van der Waals surface area contributed by atoms with Crippen molar-refractivity contribution in [2.75, 3.05) is 0 Å². The van der Waals surface area contributed by atoms with Crippen molar-refractivity contribution in [2.24, 2.45) is 0 Å². The third-order valence-corrected chi connectivity index (χ3v) is 0. The maximum Gasteiger partial charge on any atom is 2.00 e. The molecule has 0 bridgehead atoms. The van der Waals surface area contributed by atoms with Crippen molar-refractivity contribution in [3.63, 3.8) is 0 Å². The zero-order chi connectivity index (χ0) is 13.5. The average molecular weight is 420 g/mol. The molecular formula is H15Ca3O12P3. The molecule has 18 heavy (non-hydrogen) atoms. The second-order valence-electron chi connectivity index (χ2n) is 1.54. The van der Waals surface area contributed by atoms with Crippen LogP contribution in [0.1, 0.15) is 8.56 Å². The zero-order valence-corrected chi connectivity index (χ0v) is 18.0. The number of phosphoric acid groups is 3. The Bertz CT molecular complexity index is 228. The van der Waals surface area contributed by atoms with E-state index in [2.05, 4.69) is 0 Å². The van der Waals surface area contributed by atoms with E-state index in [-0.39, 0.29) is 122 Å². The average Bonchev–Trinajstić information content (AvgIpc) is 1.41. The Hall–Kier alpha value is 4.11. The molecule has 0 heterocycles. The Balaban J connectivity index is -0.00000000758. The van der Waals surface area contributed by atoms with Crippen LogP contribution in [0.2, 0.25) is 0 Å². The minimum Gasteiger partial charge on any atom is -1.00 e. The van der Waals surface area contributed by atoms with E-state index in [1.807, 2.05) is 0 Å². The Morgan fingerprint density at radius 1 is 0.444 bits per heavy atom. The van der Waals surface area contributed by atoms with Gasteiger partial charge >= 0.3 is 137 Å². The van der Waals surface area contributed by atoms with Crippen LogP contribution in [-0.4, -0.2) is 157 Å². The molecule has 108 valence electrons. The summed E-state index contributed by atoms with van der Waals surface area (Å²) in [5.74, 6) is 0. The molecule has 0 saturated heterocycles. The van der Waals surface area contributed by atoms with Crippen LogP contribution in [0.3, 0.4) is 0 Å². The summed E-state index contributed by atoms with van der Waals surface area (Å²) in [6.45, 7) is 0. The van der Waals surface area contributed by atoms with Crippen LogP contribution < -0.4 is 0 Å². The third kappa shape index (κ3) is 435. The normalized spacial score (nSPS) is 9.83.